The quantitative estimate of drug-likeness (QED) is 0.281. The Morgan fingerprint density at radius 2 is 1.84 bits per heavy atom. The molecule has 13 nitrogen and oxygen atoms in total. The first-order valence-corrected chi connectivity index (χ1v) is 18.1. The summed E-state index contributed by atoms with van der Waals surface area (Å²) in [6.45, 7) is 11.5. The van der Waals surface area contributed by atoms with Crippen molar-refractivity contribution in [1.29, 1.82) is 0 Å². The molecule has 4 atom stereocenters. The lowest BCUT2D eigenvalue weighted by molar-refractivity contribution is -0.0115. The van der Waals surface area contributed by atoms with Crippen molar-refractivity contribution >= 4 is 33.3 Å². The van der Waals surface area contributed by atoms with E-state index in [0.29, 0.717) is 35.9 Å². The van der Waals surface area contributed by atoms with Crippen molar-refractivity contribution in [1.82, 2.24) is 15.0 Å². The van der Waals surface area contributed by atoms with E-state index in [-0.39, 0.29) is 53.9 Å². The Balaban J connectivity index is 1.63. The number of aliphatic hydroxyl groups excluding tert-OH is 1. The fourth-order valence-electron chi connectivity index (χ4n) is 5.60. The second kappa shape index (κ2) is 16.5. The van der Waals surface area contributed by atoms with E-state index in [4.69, 9.17) is 14.0 Å². The Labute approximate surface area is 289 Å². The number of nitrogens with one attached hydrogen (secondary N) is 2. The van der Waals surface area contributed by atoms with Gasteiger partial charge in [-0.2, -0.15) is 0 Å². The Morgan fingerprint density at radius 3 is 2.49 bits per heavy atom. The third kappa shape index (κ3) is 9.73. The van der Waals surface area contributed by atoms with Gasteiger partial charge in [-0.15, -0.1) is 0 Å². The molecule has 0 fully saturated rings. The summed E-state index contributed by atoms with van der Waals surface area (Å²) in [4.78, 5) is 30.7. The van der Waals surface area contributed by atoms with Gasteiger partial charge in [0.25, 0.3) is 15.9 Å². The van der Waals surface area contributed by atoms with E-state index in [1.54, 1.807) is 57.0 Å². The highest BCUT2D eigenvalue weighted by Crippen LogP contribution is 2.30. The number of carbonyl (C=O) groups excluding carboxylic acids is 2. The number of benzene rings is 2. The number of aromatic nitrogens is 1. The van der Waals surface area contributed by atoms with E-state index in [1.807, 2.05) is 20.8 Å². The summed E-state index contributed by atoms with van der Waals surface area (Å²) in [7, 11) is -2.27. The molecule has 49 heavy (non-hydrogen) atoms. The third-order valence-electron chi connectivity index (χ3n) is 8.70. The summed E-state index contributed by atoms with van der Waals surface area (Å²) < 4.78 is 46.8. The van der Waals surface area contributed by atoms with E-state index in [0.717, 1.165) is 18.4 Å². The summed E-state index contributed by atoms with van der Waals surface area (Å²) in [6, 6.07) is 10.2. The Morgan fingerprint density at radius 1 is 1.12 bits per heavy atom. The van der Waals surface area contributed by atoms with E-state index in [2.05, 4.69) is 15.2 Å². The number of aliphatic hydroxyl groups is 1. The van der Waals surface area contributed by atoms with Gasteiger partial charge in [-0.1, -0.05) is 29.8 Å². The summed E-state index contributed by atoms with van der Waals surface area (Å²) in [5, 5.41) is 17.0. The monoisotopic (exact) mass is 699 g/mol. The number of anilines is 2. The number of nitrogens with zero attached hydrogens (tertiary/aromatic N) is 3. The minimum Gasteiger partial charge on any atom is -0.490 e. The maximum Gasteiger partial charge on any atom is 0.321 e. The minimum absolute atomic E-state index is 0.0927. The number of aryl methyl sites for hydroxylation is 3. The molecule has 3 N–H and O–H groups in total. The average Bonchev–Trinajstić information content (AvgIpc) is 3.38. The maximum atomic E-state index is 14.4. The van der Waals surface area contributed by atoms with Gasteiger partial charge in [0.05, 0.1) is 35.3 Å². The molecule has 3 aromatic rings. The molecular weight excluding hydrogens is 650 g/mol. The molecule has 0 saturated heterocycles. The van der Waals surface area contributed by atoms with Crippen LogP contribution in [0, 0.1) is 26.7 Å². The lowest BCUT2D eigenvalue weighted by atomic mass is 10.0. The summed E-state index contributed by atoms with van der Waals surface area (Å²) >= 11 is 0. The molecule has 3 amide bonds. The molecule has 4 rings (SSSR count). The number of ether oxygens (including phenoxy) is 2. The van der Waals surface area contributed by atoms with Crippen molar-refractivity contribution in [3.05, 3.63) is 65.0 Å². The fraction of sp³-hybridized carbons (Fsp3) is 0.514. The molecule has 0 saturated carbocycles. The molecule has 0 unspecified atom stereocenters. The van der Waals surface area contributed by atoms with Crippen molar-refractivity contribution < 1.29 is 37.1 Å². The number of fused-ring (bicyclic) bond motifs is 1. The van der Waals surface area contributed by atoms with Gasteiger partial charge in [0, 0.05) is 38.3 Å². The topological polar surface area (TPSA) is 164 Å². The Bertz CT molecular complexity index is 1670. The average molecular weight is 700 g/mol. The van der Waals surface area contributed by atoms with Crippen LogP contribution >= 0.6 is 0 Å². The molecule has 1 aromatic heterocycles. The molecule has 1 aliphatic heterocycles. The number of carbonyl (C=O) groups is 2. The normalized spacial score (nSPS) is 20.0. The van der Waals surface area contributed by atoms with E-state index in [1.165, 1.54) is 23.1 Å². The largest absolute Gasteiger partial charge is 0.490 e. The number of urea groups is 1. The predicted octanol–water partition coefficient (Wildman–Crippen LogP) is 5.36. The number of rotatable bonds is 8. The zero-order valence-corrected chi connectivity index (χ0v) is 30.2. The van der Waals surface area contributed by atoms with Crippen LogP contribution in [0.1, 0.15) is 67.4 Å². The molecule has 0 radical (unpaired) electrons. The summed E-state index contributed by atoms with van der Waals surface area (Å²) in [5.41, 5.74) is 2.37. The number of amides is 3. The molecule has 1 aliphatic rings. The first kappa shape index (κ1) is 37.7. The smallest absolute Gasteiger partial charge is 0.321 e. The zero-order valence-electron chi connectivity index (χ0n) is 29.4. The molecular formula is C35H49N5O8S. The lowest BCUT2D eigenvalue weighted by Crippen LogP contribution is -2.48. The SMILES string of the molecule is Cc1ccc(S(=O)(=O)Nc2ccc3c(c2)C(=O)N([C@H](C)CO)C[C@@H](C)[C@H](CN(C)C(=O)Nc2c(C)noc2C)OCCCC[C@@H](C)O3)cc1. The number of hydrogen-bond donors (Lipinski definition) is 3. The van der Waals surface area contributed by atoms with E-state index < -0.39 is 28.1 Å². The molecule has 2 aromatic carbocycles. The van der Waals surface area contributed by atoms with Crippen LogP contribution in [0.25, 0.3) is 0 Å². The highest BCUT2D eigenvalue weighted by Gasteiger charge is 2.31. The molecule has 0 spiro atoms. The van der Waals surface area contributed by atoms with Crippen LogP contribution in [0.3, 0.4) is 0 Å². The van der Waals surface area contributed by atoms with Crippen LogP contribution < -0.4 is 14.8 Å². The van der Waals surface area contributed by atoms with Gasteiger partial charge in [0.1, 0.15) is 17.1 Å². The molecule has 0 bridgehead atoms. The second-order valence-corrected chi connectivity index (χ2v) is 14.6. The van der Waals surface area contributed by atoms with Gasteiger partial charge in [0.15, 0.2) is 5.76 Å². The molecule has 14 heteroatoms. The van der Waals surface area contributed by atoms with Crippen molar-refractivity contribution in [2.24, 2.45) is 5.92 Å². The van der Waals surface area contributed by atoms with Gasteiger partial charge in [-0.05, 0) is 84.2 Å². The van der Waals surface area contributed by atoms with Crippen LogP contribution in [0.15, 0.2) is 51.9 Å². The van der Waals surface area contributed by atoms with Gasteiger partial charge < -0.3 is 34.2 Å². The maximum absolute atomic E-state index is 14.4. The van der Waals surface area contributed by atoms with Crippen LogP contribution in [-0.2, 0) is 14.8 Å². The van der Waals surface area contributed by atoms with Crippen LogP contribution in [-0.4, -0.2) is 92.0 Å². The molecule has 2 heterocycles. The fourth-order valence-corrected chi connectivity index (χ4v) is 6.65. The van der Waals surface area contributed by atoms with Gasteiger partial charge >= 0.3 is 6.03 Å². The number of likely N-dealkylation sites (N-methyl/N-ethyl adjacent to an activating group) is 1. The number of sulfonamides is 1. The van der Waals surface area contributed by atoms with Crippen LogP contribution in [0.5, 0.6) is 5.75 Å². The second-order valence-electron chi connectivity index (χ2n) is 12.9. The van der Waals surface area contributed by atoms with Crippen molar-refractivity contribution in [2.45, 2.75) is 84.0 Å². The van der Waals surface area contributed by atoms with Crippen LogP contribution in [0.4, 0.5) is 16.2 Å². The van der Waals surface area contributed by atoms with Crippen molar-refractivity contribution in [2.75, 3.05) is 43.4 Å². The summed E-state index contributed by atoms with van der Waals surface area (Å²) in [6.07, 6.45) is 1.55. The first-order valence-electron chi connectivity index (χ1n) is 16.6. The van der Waals surface area contributed by atoms with Crippen molar-refractivity contribution in [3.63, 3.8) is 0 Å². The molecule has 0 aliphatic carbocycles. The van der Waals surface area contributed by atoms with E-state index >= 15 is 0 Å². The Kier molecular flexibility index (Phi) is 12.7. The zero-order chi connectivity index (χ0) is 35.9. The first-order chi connectivity index (χ1) is 23.2. The minimum atomic E-state index is -3.94. The highest BCUT2D eigenvalue weighted by atomic mass is 32.2. The lowest BCUT2D eigenvalue weighted by Gasteiger charge is -2.35. The molecule has 268 valence electrons. The standard InChI is InChI=1S/C35H49N5O8S/c1-22-11-14-29(15-12-22)49(44,45)38-28-13-16-31-30(18-28)34(42)40(24(3)21-41)19-23(2)32(46-17-9-8-10-25(4)47-31)20-39(7)35(43)36-33-26(5)37-48-27(33)6/h11-16,18,23-25,32,38,41H,8-10,17,19-21H2,1-7H3,(H,36,43)/t23-,24-,25-,32+/m1/s1. The predicted molar refractivity (Wildman–Crippen MR) is 186 cm³/mol. The highest BCUT2D eigenvalue weighted by molar-refractivity contribution is 7.92. The van der Waals surface area contributed by atoms with E-state index in [9.17, 15) is 23.1 Å². The third-order valence-corrected chi connectivity index (χ3v) is 10.1. The summed E-state index contributed by atoms with van der Waals surface area (Å²) in [5.74, 6) is 0.104. The van der Waals surface area contributed by atoms with Crippen molar-refractivity contribution in [3.8, 4) is 5.75 Å². The number of hydrogen-bond acceptors (Lipinski definition) is 9. The Hall–Kier alpha value is -4.14. The van der Waals surface area contributed by atoms with Crippen LogP contribution in [0.2, 0.25) is 0 Å². The van der Waals surface area contributed by atoms with Gasteiger partial charge in [0.2, 0.25) is 0 Å². The van der Waals surface area contributed by atoms with Gasteiger partial charge in [-0.3, -0.25) is 9.52 Å². The van der Waals surface area contributed by atoms with Gasteiger partial charge in [-0.25, -0.2) is 13.2 Å².